The highest BCUT2D eigenvalue weighted by molar-refractivity contribution is 6.09. The average molecular weight is 345 g/mol. The molecule has 3 heteroatoms. The van der Waals surface area contributed by atoms with Crippen LogP contribution in [-0.4, -0.2) is 9.55 Å². The minimum absolute atomic E-state index is 0.565. The smallest absolute Gasteiger partial charge is 0.101 e. The lowest BCUT2D eigenvalue weighted by atomic mass is 10.1. The van der Waals surface area contributed by atoms with E-state index >= 15 is 0 Å². The summed E-state index contributed by atoms with van der Waals surface area (Å²) in [6.45, 7) is 0. The monoisotopic (exact) mass is 345 g/mol. The summed E-state index contributed by atoms with van der Waals surface area (Å²) in [5, 5.41) is 11.6. The van der Waals surface area contributed by atoms with Gasteiger partial charge in [-0.3, -0.25) is 4.98 Å². The molecule has 3 aromatic carbocycles. The van der Waals surface area contributed by atoms with Crippen molar-refractivity contribution in [2.45, 2.75) is 0 Å². The van der Waals surface area contributed by atoms with Crippen molar-refractivity contribution >= 4 is 21.8 Å². The van der Waals surface area contributed by atoms with E-state index in [-0.39, 0.29) is 0 Å². The van der Waals surface area contributed by atoms with Crippen molar-refractivity contribution in [3.63, 3.8) is 0 Å². The molecule has 0 unspecified atom stereocenters. The van der Waals surface area contributed by atoms with Crippen molar-refractivity contribution in [2.75, 3.05) is 0 Å². The molecule has 0 N–H and O–H groups in total. The fourth-order valence-corrected chi connectivity index (χ4v) is 3.68. The summed E-state index contributed by atoms with van der Waals surface area (Å²) in [6, 6.07) is 29.3. The summed E-state index contributed by atoms with van der Waals surface area (Å²) in [4.78, 5) is 4.19. The van der Waals surface area contributed by atoms with Crippen molar-refractivity contribution in [1.82, 2.24) is 9.55 Å². The van der Waals surface area contributed by atoms with Crippen molar-refractivity contribution in [3.05, 3.63) is 96.8 Å². The van der Waals surface area contributed by atoms with Gasteiger partial charge in [0.15, 0.2) is 0 Å². The Kier molecular flexibility index (Phi) is 3.48. The van der Waals surface area contributed by atoms with Crippen LogP contribution in [0.3, 0.4) is 0 Å². The van der Waals surface area contributed by atoms with Gasteiger partial charge in [0, 0.05) is 34.4 Å². The van der Waals surface area contributed by atoms with Crippen LogP contribution >= 0.6 is 0 Å². The second-order valence-electron chi connectivity index (χ2n) is 6.49. The van der Waals surface area contributed by atoms with Gasteiger partial charge in [-0.25, -0.2) is 0 Å². The summed E-state index contributed by atoms with van der Waals surface area (Å²) in [5.41, 5.74) is 6.00. The van der Waals surface area contributed by atoms with Gasteiger partial charge in [-0.2, -0.15) is 5.26 Å². The maximum absolute atomic E-state index is 9.16. The molecule has 0 radical (unpaired) electrons. The molecular formula is C24H15N3. The lowest BCUT2D eigenvalue weighted by Crippen LogP contribution is -1.94. The van der Waals surface area contributed by atoms with Gasteiger partial charge in [-0.15, -0.1) is 0 Å². The summed E-state index contributed by atoms with van der Waals surface area (Å²) in [6.07, 6.45) is 3.38. The fraction of sp³-hybridized carbons (Fsp3) is 0. The molecule has 5 rings (SSSR count). The normalized spacial score (nSPS) is 10.9. The molecule has 0 atom stereocenters. The van der Waals surface area contributed by atoms with E-state index in [4.69, 9.17) is 5.26 Å². The zero-order valence-corrected chi connectivity index (χ0v) is 14.5. The first-order chi connectivity index (χ1) is 13.3. The molecular weight excluding hydrogens is 330 g/mol. The molecule has 2 heterocycles. The highest BCUT2D eigenvalue weighted by Gasteiger charge is 2.12. The maximum atomic E-state index is 9.16. The molecule has 0 bridgehead atoms. The fourth-order valence-electron chi connectivity index (χ4n) is 3.68. The van der Waals surface area contributed by atoms with Gasteiger partial charge in [0.05, 0.1) is 16.6 Å². The summed E-state index contributed by atoms with van der Waals surface area (Å²) < 4.78 is 2.29. The Balaban J connectivity index is 1.77. The minimum Gasteiger partial charge on any atom is -0.309 e. The van der Waals surface area contributed by atoms with Crippen LogP contribution in [0.1, 0.15) is 5.56 Å². The zero-order chi connectivity index (χ0) is 18.2. The molecule has 2 aromatic heterocycles. The van der Waals surface area contributed by atoms with E-state index in [1.165, 1.54) is 21.8 Å². The SMILES string of the molecule is N#Cc1cncc(-c2cccc(-n3c4ccccc4c4ccccc43)c2)c1. The van der Waals surface area contributed by atoms with Crippen LogP contribution in [0.4, 0.5) is 0 Å². The topological polar surface area (TPSA) is 41.6 Å². The zero-order valence-electron chi connectivity index (χ0n) is 14.5. The first-order valence-electron chi connectivity index (χ1n) is 8.79. The second-order valence-corrected chi connectivity index (χ2v) is 6.49. The van der Waals surface area contributed by atoms with Crippen LogP contribution in [0.15, 0.2) is 91.3 Å². The molecule has 0 aliphatic carbocycles. The number of benzene rings is 3. The molecule has 126 valence electrons. The third kappa shape index (κ3) is 2.47. The van der Waals surface area contributed by atoms with E-state index in [1.807, 2.05) is 12.1 Å². The van der Waals surface area contributed by atoms with Crippen LogP contribution in [0.2, 0.25) is 0 Å². The van der Waals surface area contributed by atoms with E-state index in [9.17, 15) is 0 Å². The van der Waals surface area contributed by atoms with Gasteiger partial charge >= 0.3 is 0 Å². The Bertz CT molecular complexity index is 1290. The Labute approximate surface area is 156 Å². The molecule has 0 saturated heterocycles. The van der Waals surface area contributed by atoms with Gasteiger partial charge in [-0.1, -0.05) is 48.5 Å². The lowest BCUT2D eigenvalue weighted by molar-refractivity contribution is 1.18. The molecule has 3 nitrogen and oxygen atoms in total. The van der Waals surface area contributed by atoms with Gasteiger partial charge in [0.2, 0.25) is 0 Å². The Hall–Kier alpha value is -3.90. The van der Waals surface area contributed by atoms with Crippen LogP contribution in [0.25, 0.3) is 38.6 Å². The number of aromatic nitrogens is 2. The standard InChI is InChI=1S/C24H15N3/c25-14-17-12-19(16-26-15-17)18-6-5-7-20(13-18)27-23-10-3-1-8-21(23)22-9-2-4-11-24(22)27/h1-13,15-16H. The quantitative estimate of drug-likeness (QED) is 0.411. The Morgan fingerprint density at radius 3 is 2.11 bits per heavy atom. The third-order valence-corrected chi connectivity index (χ3v) is 4.89. The highest BCUT2D eigenvalue weighted by Crippen LogP contribution is 2.33. The predicted octanol–water partition coefficient (Wildman–Crippen LogP) is 5.72. The van der Waals surface area contributed by atoms with Crippen molar-refractivity contribution in [3.8, 4) is 22.9 Å². The second kappa shape index (κ2) is 6.12. The first-order valence-corrected chi connectivity index (χ1v) is 8.79. The molecule has 0 saturated carbocycles. The number of hydrogen-bond donors (Lipinski definition) is 0. The van der Waals surface area contributed by atoms with Gasteiger partial charge in [-0.05, 0) is 35.9 Å². The van der Waals surface area contributed by atoms with Crippen molar-refractivity contribution in [2.24, 2.45) is 0 Å². The van der Waals surface area contributed by atoms with E-state index in [2.05, 4.69) is 82.4 Å². The average Bonchev–Trinajstić information content (AvgIpc) is 3.08. The van der Waals surface area contributed by atoms with E-state index < -0.39 is 0 Å². The number of hydrogen-bond acceptors (Lipinski definition) is 2. The van der Waals surface area contributed by atoms with Crippen LogP contribution in [0, 0.1) is 11.3 Å². The molecule has 5 aromatic rings. The molecule has 0 aliphatic rings. The van der Waals surface area contributed by atoms with Crippen LogP contribution in [0.5, 0.6) is 0 Å². The number of nitriles is 1. The van der Waals surface area contributed by atoms with Gasteiger partial charge in [0.25, 0.3) is 0 Å². The van der Waals surface area contributed by atoms with E-state index in [0.29, 0.717) is 5.56 Å². The first kappa shape index (κ1) is 15.4. The van der Waals surface area contributed by atoms with E-state index in [0.717, 1.165) is 16.8 Å². The van der Waals surface area contributed by atoms with Crippen molar-refractivity contribution in [1.29, 1.82) is 5.26 Å². The lowest BCUT2D eigenvalue weighted by Gasteiger charge is -2.10. The minimum atomic E-state index is 0.565. The van der Waals surface area contributed by atoms with Crippen LogP contribution < -0.4 is 0 Å². The number of fused-ring (bicyclic) bond motifs is 3. The summed E-state index contributed by atoms with van der Waals surface area (Å²) in [7, 11) is 0. The predicted molar refractivity (Wildman–Crippen MR) is 109 cm³/mol. The molecule has 27 heavy (non-hydrogen) atoms. The number of rotatable bonds is 2. The number of pyridine rings is 1. The maximum Gasteiger partial charge on any atom is 0.101 e. The Morgan fingerprint density at radius 1 is 0.704 bits per heavy atom. The Morgan fingerprint density at radius 2 is 1.41 bits per heavy atom. The number of nitrogens with zero attached hydrogens (tertiary/aromatic N) is 3. The number of para-hydroxylation sites is 2. The van der Waals surface area contributed by atoms with Crippen molar-refractivity contribution < 1.29 is 0 Å². The molecule has 0 aliphatic heterocycles. The molecule has 0 spiro atoms. The largest absolute Gasteiger partial charge is 0.309 e. The summed E-state index contributed by atoms with van der Waals surface area (Å²) >= 11 is 0. The van der Waals surface area contributed by atoms with Crippen LogP contribution in [-0.2, 0) is 0 Å². The van der Waals surface area contributed by atoms with Gasteiger partial charge in [0.1, 0.15) is 6.07 Å². The van der Waals surface area contributed by atoms with Gasteiger partial charge < -0.3 is 4.57 Å². The summed E-state index contributed by atoms with van der Waals surface area (Å²) in [5.74, 6) is 0. The third-order valence-electron chi connectivity index (χ3n) is 4.89. The highest BCUT2D eigenvalue weighted by atomic mass is 15.0. The molecule has 0 fully saturated rings. The van der Waals surface area contributed by atoms with E-state index in [1.54, 1.807) is 12.4 Å². The molecule has 0 amide bonds.